The maximum Gasteiger partial charge on any atom is 0.404 e. The van der Waals surface area contributed by atoms with E-state index in [2.05, 4.69) is 4.98 Å². The molecule has 1 aliphatic rings. The molecule has 0 bridgehead atoms. The van der Waals surface area contributed by atoms with Crippen molar-refractivity contribution in [2.75, 3.05) is 0 Å². The number of nitrogens with two attached hydrogens (primary N) is 1. The molecule has 2 unspecified atom stereocenters. The molecule has 1 aliphatic carbocycles. The second-order valence-electron chi connectivity index (χ2n) is 5.30. The molecule has 2 atom stereocenters. The Hall–Kier alpha value is -2.57. The summed E-state index contributed by atoms with van der Waals surface area (Å²) in [6, 6.07) is 4.78. The third-order valence-corrected chi connectivity index (χ3v) is 4.02. The maximum absolute atomic E-state index is 10.9. The zero-order valence-corrected chi connectivity index (χ0v) is 11.2. The zero-order chi connectivity index (χ0) is 15.0. The van der Waals surface area contributed by atoms with E-state index in [0.717, 1.165) is 29.3 Å². The molecule has 0 saturated heterocycles. The van der Waals surface area contributed by atoms with Gasteiger partial charge >= 0.3 is 6.09 Å². The molecule has 21 heavy (non-hydrogen) atoms. The number of non-ortho nitro benzene ring substituents is 1. The van der Waals surface area contributed by atoms with Crippen LogP contribution in [0.4, 0.5) is 10.5 Å². The van der Waals surface area contributed by atoms with Crippen LogP contribution in [-0.4, -0.2) is 22.1 Å². The highest BCUT2D eigenvalue weighted by atomic mass is 16.6. The van der Waals surface area contributed by atoms with Gasteiger partial charge in [0.15, 0.2) is 0 Å². The van der Waals surface area contributed by atoms with Gasteiger partial charge in [-0.3, -0.25) is 10.1 Å². The molecule has 1 heterocycles. The molecule has 0 radical (unpaired) electrons. The minimum absolute atomic E-state index is 0.0753. The number of H-pyrrole nitrogens is 1. The highest BCUT2D eigenvalue weighted by molar-refractivity contribution is 5.86. The van der Waals surface area contributed by atoms with Gasteiger partial charge in [-0.2, -0.15) is 0 Å². The molecule has 3 rings (SSSR count). The standard InChI is InChI=1S/C14H15N3O4/c15-14(18)21-10-3-1-8(5-10)12-7-16-13-4-2-9(17(19)20)6-11(12)13/h2,4,6-8,10,16H,1,3,5H2,(H2,15,18). The molecule has 1 aromatic heterocycles. The van der Waals surface area contributed by atoms with E-state index < -0.39 is 11.0 Å². The Morgan fingerprint density at radius 3 is 2.95 bits per heavy atom. The third kappa shape index (κ3) is 2.54. The number of nitrogens with one attached hydrogen (secondary N) is 1. The van der Waals surface area contributed by atoms with Crippen LogP contribution in [-0.2, 0) is 4.74 Å². The number of nitro benzene ring substituents is 1. The number of carbonyl (C=O) groups excluding carboxylic acids is 1. The van der Waals surface area contributed by atoms with E-state index >= 15 is 0 Å². The largest absolute Gasteiger partial charge is 0.446 e. The van der Waals surface area contributed by atoms with Crippen LogP contribution in [0.5, 0.6) is 0 Å². The number of aromatic amines is 1. The fourth-order valence-corrected chi connectivity index (χ4v) is 3.08. The van der Waals surface area contributed by atoms with Crippen LogP contribution in [0.25, 0.3) is 10.9 Å². The fourth-order valence-electron chi connectivity index (χ4n) is 3.08. The summed E-state index contributed by atoms with van der Waals surface area (Å²) in [6.07, 6.45) is 3.28. The van der Waals surface area contributed by atoms with E-state index in [1.54, 1.807) is 12.1 Å². The first kappa shape index (κ1) is 13.4. The molecule has 1 saturated carbocycles. The van der Waals surface area contributed by atoms with Gasteiger partial charge in [-0.15, -0.1) is 0 Å². The number of benzene rings is 1. The number of rotatable bonds is 3. The second kappa shape index (κ2) is 5.08. The second-order valence-corrected chi connectivity index (χ2v) is 5.30. The van der Waals surface area contributed by atoms with Gasteiger partial charge in [0.25, 0.3) is 5.69 Å². The van der Waals surface area contributed by atoms with Gasteiger partial charge in [0, 0.05) is 29.2 Å². The molecule has 1 fully saturated rings. The van der Waals surface area contributed by atoms with E-state index in [-0.39, 0.29) is 17.7 Å². The Balaban J connectivity index is 1.89. The van der Waals surface area contributed by atoms with Crippen LogP contribution in [0.3, 0.4) is 0 Å². The van der Waals surface area contributed by atoms with Crippen LogP contribution in [0.1, 0.15) is 30.7 Å². The first-order chi connectivity index (χ1) is 10.0. The number of hydrogen-bond acceptors (Lipinski definition) is 4. The summed E-state index contributed by atoms with van der Waals surface area (Å²) in [7, 11) is 0. The number of nitrogens with zero attached hydrogens (tertiary/aromatic N) is 1. The van der Waals surface area contributed by atoms with Gasteiger partial charge in [-0.1, -0.05) is 0 Å². The number of carbonyl (C=O) groups is 1. The molecule has 1 amide bonds. The minimum Gasteiger partial charge on any atom is -0.446 e. The smallest absolute Gasteiger partial charge is 0.404 e. The molecule has 0 aliphatic heterocycles. The predicted octanol–water partition coefficient (Wildman–Crippen LogP) is 2.81. The van der Waals surface area contributed by atoms with Crippen molar-refractivity contribution in [3.63, 3.8) is 0 Å². The van der Waals surface area contributed by atoms with Gasteiger partial charge in [-0.25, -0.2) is 4.79 Å². The highest BCUT2D eigenvalue weighted by Gasteiger charge is 2.30. The molecule has 2 aromatic rings. The van der Waals surface area contributed by atoms with E-state index in [0.29, 0.717) is 6.42 Å². The summed E-state index contributed by atoms with van der Waals surface area (Å²) < 4.78 is 5.03. The summed E-state index contributed by atoms with van der Waals surface area (Å²) in [5.74, 6) is 0.213. The topological polar surface area (TPSA) is 111 Å². The maximum atomic E-state index is 10.9. The van der Waals surface area contributed by atoms with Crippen molar-refractivity contribution in [3.8, 4) is 0 Å². The van der Waals surface area contributed by atoms with Crippen LogP contribution >= 0.6 is 0 Å². The normalized spacial score (nSPS) is 21.5. The number of amides is 1. The first-order valence-corrected chi connectivity index (χ1v) is 6.76. The van der Waals surface area contributed by atoms with Crippen molar-refractivity contribution in [1.82, 2.24) is 4.98 Å². The molecule has 3 N–H and O–H groups in total. The predicted molar refractivity (Wildman–Crippen MR) is 76.0 cm³/mol. The lowest BCUT2D eigenvalue weighted by Gasteiger charge is -2.10. The van der Waals surface area contributed by atoms with Crippen LogP contribution in [0, 0.1) is 10.1 Å². The number of ether oxygens (including phenoxy) is 1. The number of fused-ring (bicyclic) bond motifs is 1. The van der Waals surface area contributed by atoms with E-state index in [9.17, 15) is 14.9 Å². The van der Waals surface area contributed by atoms with E-state index in [4.69, 9.17) is 10.5 Å². The van der Waals surface area contributed by atoms with Crippen LogP contribution in [0.2, 0.25) is 0 Å². The first-order valence-electron chi connectivity index (χ1n) is 6.76. The van der Waals surface area contributed by atoms with Crippen molar-refractivity contribution < 1.29 is 14.5 Å². The van der Waals surface area contributed by atoms with Crippen molar-refractivity contribution in [2.24, 2.45) is 5.73 Å². The van der Waals surface area contributed by atoms with Crippen molar-refractivity contribution in [3.05, 3.63) is 40.1 Å². The Kier molecular flexibility index (Phi) is 3.25. The van der Waals surface area contributed by atoms with Crippen molar-refractivity contribution >= 4 is 22.7 Å². The van der Waals surface area contributed by atoms with Gasteiger partial charge in [0.2, 0.25) is 0 Å². The van der Waals surface area contributed by atoms with Gasteiger partial charge in [-0.05, 0) is 36.8 Å². The van der Waals surface area contributed by atoms with E-state index in [1.807, 2.05) is 6.20 Å². The third-order valence-electron chi connectivity index (χ3n) is 4.02. The molecule has 7 heteroatoms. The number of hydrogen-bond donors (Lipinski definition) is 2. The summed E-state index contributed by atoms with van der Waals surface area (Å²) >= 11 is 0. The SMILES string of the molecule is NC(=O)OC1CCC(c2c[nH]c3ccc([N+](=O)[O-])cc23)C1. The highest BCUT2D eigenvalue weighted by Crippen LogP contribution is 2.39. The Morgan fingerprint density at radius 2 is 2.24 bits per heavy atom. The monoisotopic (exact) mass is 289 g/mol. The summed E-state index contributed by atoms with van der Waals surface area (Å²) in [4.78, 5) is 24.4. The number of primary amides is 1. The van der Waals surface area contributed by atoms with Gasteiger partial charge < -0.3 is 15.5 Å². The van der Waals surface area contributed by atoms with Crippen molar-refractivity contribution in [2.45, 2.75) is 31.3 Å². The Morgan fingerprint density at radius 1 is 1.43 bits per heavy atom. The lowest BCUT2D eigenvalue weighted by Crippen LogP contribution is -2.20. The Labute approximate surface area is 120 Å². The summed E-state index contributed by atoms with van der Waals surface area (Å²) in [5, 5.41) is 11.8. The van der Waals surface area contributed by atoms with Crippen LogP contribution < -0.4 is 5.73 Å². The molecule has 110 valence electrons. The Bertz CT molecular complexity index is 709. The lowest BCUT2D eigenvalue weighted by atomic mass is 9.97. The summed E-state index contributed by atoms with van der Waals surface area (Å²) in [6.45, 7) is 0. The zero-order valence-electron chi connectivity index (χ0n) is 11.2. The quantitative estimate of drug-likeness (QED) is 0.668. The fraction of sp³-hybridized carbons (Fsp3) is 0.357. The minimum atomic E-state index is -0.754. The average Bonchev–Trinajstić information content (AvgIpc) is 3.03. The molecular weight excluding hydrogens is 274 g/mol. The lowest BCUT2D eigenvalue weighted by molar-refractivity contribution is -0.384. The van der Waals surface area contributed by atoms with Gasteiger partial charge in [0.1, 0.15) is 6.10 Å². The average molecular weight is 289 g/mol. The molecule has 1 aromatic carbocycles. The van der Waals surface area contributed by atoms with E-state index in [1.165, 1.54) is 6.07 Å². The molecule has 7 nitrogen and oxygen atoms in total. The van der Waals surface area contributed by atoms with Crippen LogP contribution in [0.15, 0.2) is 24.4 Å². The van der Waals surface area contributed by atoms with Crippen molar-refractivity contribution in [1.29, 1.82) is 0 Å². The summed E-state index contributed by atoms with van der Waals surface area (Å²) in [5.41, 5.74) is 7.02. The molecular formula is C14H15N3O4. The molecule has 0 spiro atoms. The number of aromatic nitrogens is 1. The van der Waals surface area contributed by atoms with Gasteiger partial charge in [0.05, 0.1) is 4.92 Å². The number of nitro groups is 1.